The summed E-state index contributed by atoms with van der Waals surface area (Å²) >= 11 is 0. The Morgan fingerprint density at radius 3 is 2.79 bits per heavy atom. The summed E-state index contributed by atoms with van der Waals surface area (Å²) < 4.78 is 27.6. The second-order valence-electron chi connectivity index (χ2n) is 5.54. The van der Waals surface area contributed by atoms with E-state index in [1.165, 1.54) is 12.1 Å². The quantitative estimate of drug-likeness (QED) is 0.913. The molecule has 19 heavy (non-hydrogen) atoms. The molecule has 1 aliphatic rings. The predicted molar refractivity (Wildman–Crippen MR) is 72.9 cm³/mol. The summed E-state index contributed by atoms with van der Waals surface area (Å²) in [5.41, 5.74) is 6.52. The number of hydrogen-bond acceptors (Lipinski definition) is 2. The lowest BCUT2D eigenvalue weighted by Gasteiger charge is -2.36. The second kappa shape index (κ2) is 5.97. The van der Waals surface area contributed by atoms with Crippen LogP contribution >= 0.6 is 0 Å². The van der Waals surface area contributed by atoms with Gasteiger partial charge in [-0.25, -0.2) is 8.78 Å². The van der Waals surface area contributed by atoms with Gasteiger partial charge in [-0.2, -0.15) is 0 Å². The monoisotopic (exact) mass is 268 g/mol. The molecule has 0 aromatic heterocycles. The number of piperidine rings is 1. The van der Waals surface area contributed by atoms with E-state index in [9.17, 15) is 8.78 Å². The largest absolute Gasteiger partial charge is 0.330 e. The van der Waals surface area contributed by atoms with Gasteiger partial charge in [-0.3, -0.25) is 4.90 Å². The number of halogens is 2. The van der Waals surface area contributed by atoms with Crippen molar-refractivity contribution in [3.05, 3.63) is 34.9 Å². The lowest BCUT2D eigenvalue weighted by Crippen LogP contribution is -2.40. The first-order chi connectivity index (χ1) is 9.02. The maximum absolute atomic E-state index is 14.0. The van der Waals surface area contributed by atoms with Crippen LogP contribution in [0.25, 0.3) is 0 Å². The molecule has 2 nitrogen and oxygen atoms in total. The average molecular weight is 268 g/mol. The molecule has 2 N–H and O–H groups in total. The molecule has 2 atom stereocenters. The number of rotatable bonds is 3. The third kappa shape index (κ3) is 3.12. The fourth-order valence-electron chi connectivity index (χ4n) is 2.82. The van der Waals surface area contributed by atoms with E-state index in [1.807, 2.05) is 6.92 Å². The van der Waals surface area contributed by atoms with Gasteiger partial charge in [0.15, 0.2) is 0 Å². The summed E-state index contributed by atoms with van der Waals surface area (Å²) in [7, 11) is 0. The molecule has 1 aliphatic heterocycles. The summed E-state index contributed by atoms with van der Waals surface area (Å²) in [6, 6.07) is 2.51. The Morgan fingerprint density at radius 1 is 1.37 bits per heavy atom. The van der Waals surface area contributed by atoms with Gasteiger partial charge in [0, 0.05) is 18.2 Å². The molecule has 1 fully saturated rings. The van der Waals surface area contributed by atoms with Crippen LogP contribution < -0.4 is 5.73 Å². The van der Waals surface area contributed by atoms with E-state index < -0.39 is 0 Å². The third-order valence-electron chi connectivity index (χ3n) is 4.16. The summed E-state index contributed by atoms with van der Waals surface area (Å²) in [6.45, 7) is 5.97. The summed E-state index contributed by atoms with van der Waals surface area (Å²) in [6.07, 6.45) is 2.20. The van der Waals surface area contributed by atoms with Crippen LogP contribution in [-0.2, 0) is 0 Å². The van der Waals surface area contributed by atoms with Gasteiger partial charge in [0.05, 0.1) is 0 Å². The number of aryl methyl sites for hydroxylation is 1. The third-order valence-corrected chi connectivity index (χ3v) is 4.16. The Labute approximate surface area is 113 Å². The van der Waals surface area contributed by atoms with E-state index in [0.29, 0.717) is 23.6 Å². The maximum Gasteiger partial charge on any atom is 0.128 e. The van der Waals surface area contributed by atoms with E-state index in [0.717, 1.165) is 25.9 Å². The van der Waals surface area contributed by atoms with Crippen molar-refractivity contribution >= 4 is 0 Å². The van der Waals surface area contributed by atoms with Gasteiger partial charge in [-0.15, -0.1) is 0 Å². The van der Waals surface area contributed by atoms with Crippen molar-refractivity contribution < 1.29 is 8.78 Å². The van der Waals surface area contributed by atoms with Crippen LogP contribution in [0.15, 0.2) is 12.1 Å². The predicted octanol–water partition coefficient (Wildman–Crippen LogP) is 3.00. The normalized spacial score (nSPS) is 22.5. The molecule has 0 bridgehead atoms. The number of nitrogens with zero attached hydrogens (tertiary/aromatic N) is 1. The summed E-state index contributed by atoms with van der Waals surface area (Å²) in [5.74, 6) is -0.188. The molecule has 2 unspecified atom stereocenters. The Balaban J connectivity index is 2.19. The van der Waals surface area contributed by atoms with Crippen molar-refractivity contribution in [3.63, 3.8) is 0 Å². The van der Waals surface area contributed by atoms with E-state index in [-0.39, 0.29) is 17.7 Å². The van der Waals surface area contributed by atoms with Gasteiger partial charge in [-0.1, -0.05) is 0 Å². The number of nitrogens with two attached hydrogens (primary N) is 1. The zero-order chi connectivity index (χ0) is 14.0. The van der Waals surface area contributed by atoms with Crippen molar-refractivity contribution in [1.82, 2.24) is 4.90 Å². The highest BCUT2D eigenvalue weighted by Gasteiger charge is 2.25. The van der Waals surface area contributed by atoms with Crippen molar-refractivity contribution in [2.75, 3.05) is 19.6 Å². The highest BCUT2D eigenvalue weighted by molar-refractivity contribution is 5.27. The fourth-order valence-corrected chi connectivity index (χ4v) is 2.82. The molecule has 1 aromatic rings. The number of hydrogen-bond donors (Lipinski definition) is 1. The molecule has 1 saturated heterocycles. The molecule has 0 spiro atoms. The molecule has 0 saturated carbocycles. The van der Waals surface area contributed by atoms with Gasteiger partial charge < -0.3 is 5.73 Å². The van der Waals surface area contributed by atoms with Gasteiger partial charge in [0.2, 0.25) is 0 Å². The molecular formula is C15H22F2N2. The van der Waals surface area contributed by atoms with Crippen molar-refractivity contribution in [2.45, 2.75) is 32.7 Å². The van der Waals surface area contributed by atoms with E-state index in [2.05, 4.69) is 4.90 Å². The van der Waals surface area contributed by atoms with Gasteiger partial charge >= 0.3 is 0 Å². The molecule has 2 rings (SSSR count). The van der Waals surface area contributed by atoms with Crippen LogP contribution in [0, 0.1) is 24.5 Å². The topological polar surface area (TPSA) is 29.3 Å². The Bertz CT molecular complexity index is 448. The zero-order valence-electron chi connectivity index (χ0n) is 11.6. The number of likely N-dealkylation sites (tertiary alicyclic amines) is 1. The van der Waals surface area contributed by atoms with Crippen LogP contribution in [0.2, 0.25) is 0 Å². The summed E-state index contributed by atoms with van der Waals surface area (Å²) in [5, 5.41) is 0. The average Bonchev–Trinajstić information content (AvgIpc) is 2.42. The molecule has 106 valence electrons. The highest BCUT2D eigenvalue weighted by Crippen LogP contribution is 2.29. The van der Waals surface area contributed by atoms with Gasteiger partial charge in [-0.05, 0) is 63.4 Å². The van der Waals surface area contributed by atoms with Crippen LogP contribution in [0.4, 0.5) is 8.78 Å². The summed E-state index contributed by atoms with van der Waals surface area (Å²) in [4.78, 5) is 2.20. The Kier molecular flexibility index (Phi) is 4.53. The minimum absolute atomic E-state index is 0.107. The lowest BCUT2D eigenvalue weighted by molar-refractivity contribution is 0.132. The lowest BCUT2D eigenvalue weighted by atomic mass is 9.95. The van der Waals surface area contributed by atoms with Crippen LogP contribution in [0.3, 0.4) is 0 Å². The van der Waals surface area contributed by atoms with E-state index in [4.69, 9.17) is 5.73 Å². The van der Waals surface area contributed by atoms with Crippen LogP contribution in [-0.4, -0.2) is 24.5 Å². The smallest absolute Gasteiger partial charge is 0.128 e. The standard InChI is InChI=1S/C15H22F2N2/c1-10-6-15(17)13(7-14(10)16)11(2)19-5-3-4-12(8-18)9-19/h6-7,11-12H,3-5,8-9,18H2,1-2H3. The van der Waals surface area contributed by atoms with E-state index in [1.54, 1.807) is 6.92 Å². The minimum Gasteiger partial charge on any atom is -0.330 e. The first-order valence-electron chi connectivity index (χ1n) is 6.92. The fraction of sp³-hybridized carbons (Fsp3) is 0.600. The Hall–Kier alpha value is -1.00. The molecule has 0 aliphatic carbocycles. The van der Waals surface area contributed by atoms with Crippen LogP contribution in [0.5, 0.6) is 0 Å². The van der Waals surface area contributed by atoms with Crippen molar-refractivity contribution in [2.24, 2.45) is 11.7 Å². The molecule has 0 radical (unpaired) electrons. The van der Waals surface area contributed by atoms with E-state index >= 15 is 0 Å². The Morgan fingerprint density at radius 2 is 2.11 bits per heavy atom. The molecule has 0 amide bonds. The molecule has 1 heterocycles. The van der Waals surface area contributed by atoms with Crippen LogP contribution in [0.1, 0.15) is 36.9 Å². The van der Waals surface area contributed by atoms with Gasteiger partial charge in [0.25, 0.3) is 0 Å². The number of benzene rings is 1. The first kappa shape index (κ1) is 14.4. The van der Waals surface area contributed by atoms with Crippen molar-refractivity contribution in [1.29, 1.82) is 0 Å². The van der Waals surface area contributed by atoms with Crippen molar-refractivity contribution in [3.8, 4) is 0 Å². The molecule has 1 aromatic carbocycles. The zero-order valence-corrected chi connectivity index (χ0v) is 11.6. The highest BCUT2D eigenvalue weighted by atomic mass is 19.1. The molecular weight excluding hydrogens is 246 g/mol. The minimum atomic E-state index is -0.337. The maximum atomic E-state index is 14.0. The molecule has 4 heteroatoms. The van der Waals surface area contributed by atoms with Gasteiger partial charge in [0.1, 0.15) is 11.6 Å². The first-order valence-corrected chi connectivity index (χ1v) is 6.92. The second-order valence-corrected chi connectivity index (χ2v) is 5.54. The SMILES string of the molecule is Cc1cc(F)c(C(C)N2CCCC(CN)C2)cc1F.